The van der Waals surface area contributed by atoms with Gasteiger partial charge >= 0.3 is 0 Å². The van der Waals surface area contributed by atoms with E-state index in [0.717, 1.165) is 48.3 Å². The van der Waals surface area contributed by atoms with Crippen molar-refractivity contribution in [3.63, 3.8) is 0 Å². The van der Waals surface area contributed by atoms with Crippen LogP contribution in [0.2, 0.25) is 5.02 Å². The second kappa shape index (κ2) is 10.5. The molecule has 1 amide bonds. The number of anilines is 3. The maximum Gasteiger partial charge on any atom is 0.227 e. The zero-order chi connectivity index (χ0) is 28.1. The van der Waals surface area contributed by atoms with Crippen molar-refractivity contribution in [3.8, 4) is 0 Å². The lowest BCUT2D eigenvalue weighted by Gasteiger charge is -2.47. The number of benzene rings is 2. The summed E-state index contributed by atoms with van der Waals surface area (Å²) in [6.07, 6.45) is 4.80. The van der Waals surface area contributed by atoms with Crippen LogP contribution >= 0.6 is 11.6 Å². The predicted molar refractivity (Wildman–Crippen MR) is 154 cm³/mol. The summed E-state index contributed by atoms with van der Waals surface area (Å²) in [7, 11) is 1.76. The first-order valence-corrected chi connectivity index (χ1v) is 14.0. The number of hydrogen-bond donors (Lipinski definition) is 4. The van der Waals surface area contributed by atoms with Gasteiger partial charge in [-0.2, -0.15) is 0 Å². The van der Waals surface area contributed by atoms with E-state index >= 15 is 0 Å². The van der Waals surface area contributed by atoms with E-state index in [-0.39, 0.29) is 29.2 Å². The highest BCUT2D eigenvalue weighted by atomic mass is 35.5. The van der Waals surface area contributed by atoms with E-state index in [9.17, 15) is 14.3 Å². The van der Waals surface area contributed by atoms with Crippen molar-refractivity contribution >= 4 is 40.3 Å². The number of nitrogens with zero attached hydrogens (tertiary/aromatic N) is 3. The minimum Gasteiger partial charge on any atom is -0.401 e. The fourth-order valence-corrected chi connectivity index (χ4v) is 6.66. The average Bonchev–Trinajstić information content (AvgIpc) is 3.24. The topological polar surface area (TPSA) is 111 Å². The lowest BCUT2D eigenvalue weighted by Crippen LogP contribution is -2.60. The summed E-state index contributed by atoms with van der Waals surface area (Å²) < 4.78 is 14.0. The third kappa shape index (κ3) is 5.27. The SMILES string of the molecule is C/C(N)=C(\c1ccc2c(c1)N[C@@H](C1CCCC(=O)N1c1ccc(F)c(Cl)c1)N2C1CCC(C)(O)CC1)N(C)N. The molecule has 210 valence electrons. The van der Waals surface area contributed by atoms with Gasteiger partial charge in [0, 0.05) is 36.5 Å². The zero-order valence-electron chi connectivity index (χ0n) is 22.8. The van der Waals surface area contributed by atoms with E-state index in [4.69, 9.17) is 23.2 Å². The summed E-state index contributed by atoms with van der Waals surface area (Å²) in [6, 6.07) is 10.6. The number of nitrogens with two attached hydrogens (primary N) is 2. The van der Waals surface area contributed by atoms with Gasteiger partial charge in [0.25, 0.3) is 0 Å². The molecule has 1 saturated carbocycles. The van der Waals surface area contributed by atoms with Crippen LogP contribution in [0.4, 0.5) is 21.5 Å². The van der Waals surface area contributed by atoms with Crippen LogP contribution in [-0.4, -0.2) is 46.9 Å². The number of rotatable bonds is 5. The maximum absolute atomic E-state index is 14.0. The van der Waals surface area contributed by atoms with Crippen LogP contribution in [0.15, 0.2) is 42.1 Å². The number of carbonyl (C=O) groups excluding carboxylic acids is 1. The van der Waals surface area contributed by atoms with Crippen LogP contribution in [0.1, 0.15) is 64.4 Å². The Labute approximate surface area is 234 Å². The van der Waals surface area contributed by atoms with Crippen molar-refractivity contribution < 1.29 is 14.3 Å². The molecule has 2 aromatic carbocycles. The molecule has 10 heteroatoms. The molecule has 6 N–H and O–H groups in total. The van der Waals surface area contributed by atoms with E-state index < -0.39 is 11.4 Å². The fourth-order valence-electron chi connectivity index (χ4n) is 6.49. The van der Waals surface area contributed by atoms with Gasteiger partial charge in [-0.1, -0.05) is 17.7 Å². The van der Waals surface area contributed by atoms with Gasteiger partial charge in [-0.25, -0.2) is 10.2 Å². The maximum atomic E-state index is 14.0. The smallest absolute Gasteiger partial charge is 0.227 e. The normalized spacial score (nSPS) is 27.7. The van der Waals surface area contributed by atoms with Crippen LogP contribution in [-0.2, 0) is 4.79 Å². The van der Waals surface area contributed by atoms with Crippen molar-refractivity contribution in [2.45, 2.75) is 82.6 Å². The lowest BCUT2D eigenvalue weighted by molar-refractivity contribution is -0.120. The Balaban J connectivity index is 1.57. The number of hydrazine groups is 1. The number of fused-ring (bicyclic) bond motifs is 1. The summed E-state index contributed by atoms with van der Waals surface area (Å²) in [5.74, 6) is 5.59. The molecule has 1 aliphatic carbocycles. The van der Waals surface area contributed by atoms with Crippen molar-refractivity contribution in [1.29, 1.82) is 0 Å². The number of hydrogen-bond acceptors (Lipinski definition) is 7. The molecule has 2 aliphatic heterocycles. The Morgan fingerprint density at radius 1 is 1.21 bits per heavy atom. The van der Waals surface area contributed by atoms with Crippen molar-refractivity contribution in [2.75, 3.05) is 22.2 Å². The zero-order valence-corrected chi connectivity index (χ0v) is 23.5. The Kier molecular flexibility index (Phi) is 7.43. The molecule has 0 spiro atoms. The van der Waals surface area contributed by atoms with Gasteiger partial charge < -0.3 is 31.0 Å². The van der Waals surface area contributed by atoms with E-state index in [2.05, 4.69) is 22.3 Å². The standard InChI is InChI=1S/C29H38ClFN6O2/c1-17(32)27(35(3)33)18-7-10-24-23(15-18)34-28(37(24)19-11-13-29(2,39)14-12-19)25-5-4-6-26(38)36(25)20-8-9-22(31)21(30)16-20/h7-10,15-16,19,25,28,34,39H,4-6,11-14,32-33H2,1-3H3/b27-17-/t19?,25?,28-,29?/m1/s1. The van der Waals surface area contributed by atoms with Gasteiger partial charge in [0.05, 0.1) is 33.7 Å². The number of amides is 1. The Bertz CT molecular complexity index is 1280. The number of nitrogens with one attached hydrogen (secondary N) is 1. The fraction of sp³-hybridized carbons (Fsp3) is 0.483. The third-order valence-electron chi connectivity index (χ3n) is 8.34. The quantitative estimate of drug-likeness (QED) is 0.310. The largest absolute Gasteiger partial charge is 0.401 e. The summed E-state index contributed by atoms with van der Waals surface area (Å²) in [5, 5.41) is 15.9. The average molecular weight is 557 g/mol. The molecule has 2 fully saturated rings. The van der Waals surface area contributed by atoms with Gasteiger partial charge in [-0.3, -0.25) is 4.79 Å². The second-order valence-electron chi connectivity index (χ2n) is 11.4. The van der Waals surface area contributed by atoms with Crippen LogP contribution in [0, 0.1) is 5.82 Å². The van der Waals surface area contributed by atoms with Crippen molar-refractivity contribution in [2.24, 2.45) is 11.6 Å². The molecule has 2 aromatic rings. The summed E-state index contributed by atoms with van der Waals surface area (Å²) in [6.45, 7) is 3.72. The summed E-state index contributed by atoms with van der Waals surface area (Å²) in [4.78, 5) is 17.5. The Morgan fingerprint density at radius 3 is 2.56 bits per heavy atom. The van der Waals surface area contributed by atoms with Gasteiger partial charge in [0.15, 0.2) is 0 Å². The molecule has 2 atom stereocenters. The van der Waals surface area contributed by atoms with Crippen molar-refractivity contribution in [3.05, 3.63) is 58.5 Å². The van der Waals surface area contributed by atoms with Crippen LogP contribution in [0.3, 0.4) is 0 Å². The van der Waals surface area contributed by atoms with Gasteiger partial charge in [0.1, 0.15) is 12.0 Å². The predicted octanol–water partition coefficient (Wildman–Crippen LogP) is 4.77. The van der Waals surface area contributed by atoms with Gasteiger partial charge in [-0.15, -0.1) is 0 Å². The summed E-state index contributed by atoms with van der Waals surface area (Å²) >= 11 is 6.14. The number of carbonyl (C=O) groups is 1. The van der Waals surface area contributed by atoms with E-state index in [1.807, 2.05) is 19.9 Å². The highest BCUT2D eigenvalue weighted by Gasteiger charge is 2.45. The van der Waals surface area contributed by atoms with Gasteiger partial charge in [0.2, 0.25) is 5.91 Å². The minimum absolute atomic E-state index is 0.00682. The number of piperidine rings is 1. The first kappa shape index (κ1) is 27.6. The number of halogens is 2. The number of aliphatic hydroxyl groups is 1. The third-order valence-corrected chi connectivity index (χ3v) is 8.63. The van der Waals surface area contributed by atoms with Crippen LogP contribution in [0.5, 0.6) is 0 Å². The highest BCUT2D eigenvalue weighted by molar-refractivity contribution is 6.31. The molecular formula is C29H38ClFN6O2. The molecule has 3 aliphatic rings. The monoisotopic (exact) mass is 556 g/mol. The molecule has 8 nitrogen and oxygen atoms in total. The second-order valence-corrected chi connectivity index (χ2v) is 11.8. The van der Waals surface area contributed by atoms with E-state index in [0.29, 0.717) is 30.6 Å². The highest BCUT2D eigenvalue weighted by Crippen LogP contribution is 2.45. The van der Waals surface area contributed by atoms with E-state index in [1.165, 1.54) is 17.1 Å². The summed E-state index contributed by atoms with van der Waals surface area (Å²) in [5.41, 5.74) is 10.3. The van der Waals surface area contributed by atoms with Crippen LogP contribution < -0.4 is 26.7 Å². The molecule has 5 rings (SSSR count). The molecule has 39 heavy (non-hydrogen) atoms. The molecule has 2 heterocycles. The van der Waals surface area contributed by atoms with Crippen molar-refractivity contribution in [1.82, 2.24) is 5.01 Å². The molecule has 0 bridgehead atoms. The first-order valence-electron chi connectivity index (χ1n) is 13.6. The van der Waals surface area contributed by atoms with E-state index in [1.54, 1.807) is 18.0 Å². The molecular weight excluding hydrogens is 519 g/mol. The lowest BCUT2D eigenvalue weighted by atomic mass is 9.82. The molecule has 1 saturated heterocycles. The first-order chi connectivity index (χ1) is 18.5. The Hall–Kier alpha value is -3.01. The molecule has 1 unspecified atom stereocenters. The number of allylic oxidation sites excluding steroid dienone is 1. The molecule has 0 aromatic heterocycles. The molecule has 0 radical (unpaired) electrons. The minimum atomic E-state index is -0.673. The van der Waals surface area contributed by atoms with Crippen LogP contribution in [0.25, 0.3) is 5.70 Å². The van der Waals surface area contributed by atoms with Gasteiger partial charge in [-0.05, 0) is 82.7 Å². The Morgan fingerprint density at radius 2 is 1.92 bits per heavy atom.